The van der Waals surface area contributed by atoms with Gasteiger partial charge in [0, 0.05) is 43.3 Å². The Morgan fingerprint density at radius 3 is 2.23 bits per heavy atom. The number of fused-ring (bicyclic) bond motifs is 11. The summed E-state index contributed by atoms with van der Waals surface area (Å²) in [7, 11) is 0. The van der Waals surface area contributed by atoms with Crippen LogP contribution in [-0.4, -0.2) is 21.6 Å². The molecular formula is C59H45N5S. The molecule has 0 bridgehead atoms. The summed E-state index contributed by atoms with van der Waals surface area (Å²) in [6.45, 7) is 4.85. The average Bonchev–Trinajstić information content (AvgIpc) is 3.90. The van der Waals surface area contributed by atoms with Crippen LogP contribution in [-0.2, 0) is 10.8 Å². The third-order valence-corrected chi connectivity index (χ3v) is 15.6. The minimum atomic E-state index is -0.548. The van der Waals surface area contributed by atoms with E-state index < -0.39 is 11.6 Å². The zero-order chi connectivity index (χ0) is 43.3. The normalized spacial score (nSPS) is 20.2. The number of hydrogen-bond acceptors (Lipinski definition) is 6. The zero-order valence-electron chi connectivity index (χ0n) is 36.3. The maximum Gasteiger partial charge on any atom is 0.160 e. The molecule has 0 saturated heterocycles. The first kappa shape index (κ1) is 38.2. The minimum absolute atomic E-state index is 0.130. The number of amidine groups is 2. The van der Waals surface area contributed by atoms with E-state index in [0.717, 1.165) is 92.3 Å². The number of hydrogen-bond donors (Lipinski definition) is 1. The van der Waals surface area contributed by atoms with E-state index in [2.05, 4.69) is 195 Å². The van der Waals surface area contributed by atoms with Crippen molar-refractivity contribution in [3.05, 3.63) is 226 Å². The van der Waals surface area contributed by atoms with Crippen molar-refractivity contribution in [2.24, 2.45) is 9.98 Å². The van der Waals surface area contributed by atoms with Crippen molar-refractivity contribution in [2.75, 3.05) is 0 Å². The van der Waals surface area contributed by atoms with Crippen LogP contribution in [0.4, 0.5) is 0 Å². The minimum Gasteiger partial charge on any atom is -0.344 e. The largest absolute Gasteiger partial charge is 0.344 e. The fraction of sp³-hybridized carbons (Fsp3) is 0.153. The van der Waals surface area contributed by atoms with Crippen LogP contribution in [0, 0.1) is 0 Å². The Labute approximate surface area is 383 Å². The molecule has 8 aromatic rings. The van der Waals surface area contributed by atoms with E-state index in [-0.39, 0.29) is 5.41 Å². The lowest BCUT2D eigenvalue weighted by molar-refractivity contribution is 0.524. The molecule has 312 valence electrons. The molecule has 3 heterocycles. The highest BCUT2D eigenvalue weighted by Gasteiger charge is 2.55. The molecule has 1 N–H and O–H groups in total. The zero-order valence-corrected chi connectivity index (χ0v) is 37.2. The van der Waals surface area contributed by atoms with Crippen molar-refractivity contribution < 1.29 is 0 Å². The number of thiophene rings is 1. The van der Waals surface area contributed by atoms with Crippen LogP contribution in [0.3, 0.4) is 0 Å². The first-order chi connectivity index (χ1) is 32.0. The third kappa shape index (κ3) is 5.69. The van der Waals surface area contributed by atoms with Gasteiger partial charge in [-0.1, -0.05) is 183 Å². The summed E-state index contributed by atoms with van der Waals surface area (Å²) in [4.78, 5) is 21.7. The van der Waals surface area contributed by atoms with Gasteiger partial charge in [0.1, 0.15) is 12.0 Å². The van der Waals surface area contributed by atoms with Crippen molar-refractivity contribution in [2.45, 2.75) is 56.5 Å². The number of allylic oxidation sites excluding steroid dienone is 6. The average molecular weight is 856 g/mol. The molecule has 5 nitrogen and oxygen atoms in total. The van der Waals surface area contributed by atoms with E-state index in [1.165, 1.54) is 49.2 Å². The van der Waals surface area contributed by atoms with Gasteiger partial charge < -0.3 is 5.32 Å². The Balaban J connectivity index is 1.10. The molecule has 0 radical (unpaired) electrons. The Hall–Kier alpha value is -7.28. The summed E-state index contributed by atoms with van der Waals surface area (Å²) >= 11 is 1.77. The first-order valence-electron chi connectivity index (χ1n) is 22.9. The second-order valence-electron chi connectivity index (χ2n) is 18.3. The fourth-order valence-corrected chi connectivity index (χ4v) is 12.6. The monoisotopic (exact) mass is 855 g/mol. The highest BCUT2D eigenvalue weighted by Crippen LogP contribution is 2.64. The summed E-state index contributed by atoms with van der Waals surface area (Å²) in [6, 6.07) is 52.9. The third-order valence-electron chi connectivity index (χ3n) is 14.4. The highest BCUT2D eigenvalue weighted by atomic mass is 32.1. The molecule has 5 aliphatic rings. The van der Waals surface area contributed by atoms with E-state index in [4.69, 9.17) is 20.0 Å². The summed E-state index contributed by atoms with van der Waals surface area (Å²) in [5, 5.41) is 5.02. The van der Waals surface area contributed by atoms with Gasteiger partial charge in [-0.15, -0.1) is 11.3 Å². The van der Waals surface area contributed by atoms with Crippen LogP contribution < -0.4 is 5.32 Å². The van der Waals surface area contributed by atoms with Gasteiger partial charge in [0.05, 0.1) is 21.3 Å². The lowest BCUT2D eigenvalue weighted by atomic mass is 9.54. The molecule has 65 heavy (non-hydrogen) atoms. The number of aliphatic imine (C=N–C) groups is 2. The van der Waals surface area contributed by atoms with Crippen LogP contribution in [0.25, 0.3) is 54.1 Å². The molecule has 6 aromatic carbocycles. The molecule has 4 aliphatic carbocycles. The smallest absolute Gasteiger partial charge is 0.160 e. The molecule has 1 aliphatic heterocycles. The molecule has 0 fully saturated rings. The van der Waals surface area contributed by atoms with Gasteiger partial charge in [-0.3, -0.25) is 0 Å². The van der Waals surface area contributed by atoms with Crippen molar-refractivity contribution in [1.29, 1.82) is 0 Å². The summed E-state index contributed by atoms with van der Waals surface area (Å²) in [5.74, 6) is 2.30. The molecule has 0 amide bonds. The lowest BCUT2D eigenvalue weighted by Gasteiger charge is -2.48. The van der Waals surface area contributed by atoms with E-state index in [9.17, 15) is 0 Å². The van der Waals surface area contributed by atoms with Gasteiger partial charge >= 0.3 is 0 Å². The number of aromatic nitrogens is 2. The van der Waals surface area contributed by atoms with Crippen molar-refractivity contribution in [3.8, 4) is 33.8 Å². The van der Waals surface area contributed by atoms with E-state index in [1.807, 2.05) is 0 Å². The maximum absolute atomic E-state index is 5.52. The van der Waals surface area contributed by atoms with Gasteiger partial charge in [-0.2, -0.15) is 0 Å². The van der Waals surface area contributed by atoms with Crippen molar-refractivity contribution in [1.82, 2.24) is 15.3 Å². The molecular weight excluding hydrogens is 811 g/mol. The standard InChI is InChI=1S/C59H45N5S/c1-58(2)44-27-13-15-29-46(44)59(47-30-16-14-28-45(47)58)43-34-33-39(56-60-51(36-19-6-3-7-20-36)53-52(61-56)40-25-12-17-32-49(40)65-53)35-42(43)50-41(26-18-31-48(50)59)57-63-54(37-21-8-4-9-22-37)62-55(64-57)38-23-10-5-11-24-38/h3-4,6-10,12-13,15-27,29-35,57H,5,11,14,28H2,1-2H3,(H,62,63,64). The van der Waals surface area contributed by atoms with Crippen LogP contribution >= 0.6 is 11.3 Å². The molecule has 13 rings (SSSR count). The number of nitrogens with one attached hydrogen (secondary N) is 1. The second-order valence-corrected chi connectivity index (χ2v) is 19.3. The van der Waals surface area contributed by atoms with Gasteiger partial charge in [-0.05, 0) is 76.8 Å². The van der Waals surface area contributed by atoms with Crippen molar-refractivity contribution >= 4 is 43.3 Å². The Morgan fingerprint density at radius 2 is 1.40 bits per heavy atom. The number of nitrogens with zero attached hydrogens (tertiary/aromatic N) is 4. The topological polar surface area (TPSA) is 62.5 Å². The molecule has 2 unspecified atom stereocenters. The van der Waals surface area contributed by atoms with Crippen LogP contribution in [0.15, 0.2) is 203 Å². The summed E-state index contributed by atoms with van der Waals surface area (Å²) in [5.41, 5.74) is 17.2. The Morgan fingerprint density at radius 1 is 0.646 bits per heavy atom. The van der Waals surface area contributed by atoms with Crippen LogP contribution in [0.1, 0.15) is 79.1 Å². The molecule has 6 heteroatoms. The van der Waals surface area contributed by atoms with Gasteiger partial charge in [0.25, 0.3) is 0 Å². The van der Waals surface area contributed by atoms with Crippen molar-refractivity contribution in [3.63, 3.8) is 0 Å². The molecule has 0 saturated carbocycles. The summed E-state index contributed by atoms with van der Waals surface area (Å²) in [6.07, 6.45) is 15.2. The molecule has 2 aromatic heterocycles. The van der Waals surface area contributed by atoms with Crippen LogP contribution in [0.2, 0.25) is 0 Å². The SMILES string of the molecule is CC1(C)C2=C(C=CCC2)C2(c3ccc(-c4nc(-c5ccccc5)c5sc6ccccc6c5n4)cc3-c3c(C4N=C(C5=CCCC=C5)N=C(c5ccccc5)N4)cccc32)c2ccccc21. The number of benzene rings is 6. The van der Waals surface area contributed by atoms with Gasteiger partial charge in [0.15, 0.2) is 11.7 Å². The predicted molar refractivity (Wildman–Crippen MR) is 269 cm³/mol. The summed E-state index contributed by atoms with van der Waals surface area (Å²) < 4.78 is 2.32. The highest BCUT2D eigenvalue weighted by molar-refractivity contribution is 7.26. The Kier molecular flexibility index (Phi) is 8.60. The number of rotatable bonds is 5. The molecule has 2 atom stereocenters. The second kappa shape index (κ2) is 14.6. The fourth-order valence-electron chi connectivity index (χ4n) is 11.5. The first-order valence-corrected chi connectivity index (χ1v) is 23.7. The maximum atomic E-state index is 5.52. The van der Waals surface area contributed by atoms with E-state index in [0.29, 0.717) is 0 Å². The van der Waals surface area contributed by atoms with E-state index in [1.54, 1.807) is 11.3 Å². The van der Waals surface area contributed by atoms with Crippen LogP contribution in [0.5, 0.6) is 0 Å². The van der Waals surface area contributed by atoms with E-state index >= 15 is 0 Å². The predicted octanol–water partition coefficient (Wildman–Crippen LogP) is 14.2. The quantitative estimate of drug-likeness (QED) is 0.188. The lowest BCUT2D eigenvalue weighted by Crippen LogP contribution is -2.41. The molecule has 1 spiro atoms. The van der Waals surface area contributed by atoms with Gasteiger partial charge in [-0.25, -0.2) is 20.0 Å². The Bertz CT molecular complexity index is 3490. The van der Waals surface area contributed by atoms with Gasteiger partial charge in [0.2, 0.25) is 0 Å².